The van der Waals surface area contributed by atoms with E-state index in [1.165, 1.54) is 9.15 Å². The fourth-order valence-corrected chi connectivity index (χ4v) is 2.21. The highest BCUT2D eigenvalue weighted by molar-refractivity contribution is 14.1. The van der Waals surface area contributed by atoms with Crippen molar-refractivity contribution in [3.63, 3.8) is 0 Å². The highest BCUT2D eigenvalue weighted by Gasteiger charge is 2.24. The van der Waals surface area contributed by atoms with Gasteiger partial charge in [0.2, 0.25) is 0 Å². The Morgan fingerprint density at radius 3 is 1.57 bits per heavy atom. The third kappa shape index (κ3) is 3.76. The summed E-state index contributed by atoms with van der Waals surface area (Å²) >= 11 is 2.34. The van der Waals surface area contributed by atoms with Crippen molar-refractivity contribution in [2.75, 3.05) is 0 Å². The van der Waals surface area contributed by atoms with Crippen molar-refractivity contribution < 1.29 is 0 Å². The van der Waals surface area contributed by atoms with Gasteiger partial charge in [0.15, 0.2) is 0 Å². The van der Waals surface area contributed by atoms with Crippen molar-refractivity contribution in [3.8, 4) is 0 Å². The number of rotatable bonds is 5. The minimum absolute atomic E-state index is 0.590. The van der Waals surface area contributed by atoms with Crippen LogP contribution in [0.15, 0.2) is 22.3 Å². The third-order valence-electron chi connectivity index (χ3n) is 3.68. The first-order valence-corrected chi connectivity index (χ1v) is 6.36. The monoisotopic (exact) mass is 306 g/mol. The maximum Gasteiger partial charge on any atom is -0.0110 e. The number of halogens is 1. The zero-order valence-corrected chi connectivity index (χ0v) is 12.3. The van der Waals surface area contributed by atoms with Crippen LogP contribution < -0.4 is 0 Å². The van der Waals surface area contributed by atoms with Crippen LogP contribution in [0.5, 0.6) is 0 Å². The number of hydrogen-bond acceptors (Lipinski definition) is 0. The lowest BCUT2D eigenvalue weighted by Gasteiger charge is -2.30. The molecule has 0 rings (SSSR count). The van der Waals surface area contributed by atoms with Crippen LogP contribution in [0.2, 0.25) is 0 Å². The van der Waals surface area contributed by atoms with Gasteiger partial charge in [0.1, 0.15) is 0 Å². The number of hydrogen-bond donors (Lipinski definition) is 0. The molecule has 0 spiro atoms. The van der Waals surface area contributed by atoms with E-state index >= 15 is 0 Å². The van der Waals surface area contributed by atoms with E-state index < -0.39 is 0 Å². The molecule has 0 bridgehead atoms. The molecule has 0 saturated carbocycles. The fourth-order valence-electron chi connectivity index (χ4n) is 1.64. The lowest BCUT2D eigenvalue weighted by atomic mass is 9.76. The minimum Gasteiger partial charge on any atom is -0.0999 e. The van der Waals surface area contributed by atoms with Gasteiger partial charge in [0, 0.05) is 0 Å². The summed E-state index contributed by atoms with van der Waals surface area (Å²) in [6.45, 7) is 19.4. The summed E-state index contributed by atoms with van der Waals surface area (Å²) in [7, 11) is 0. The molecule has 0 radical (unpaired) electrons. The summed E-state index contributed by atoms with van der Waals surface area (Å²) in [6.07, 6.45) is 0. The van der Waals surface area contributed by atoms with Crippen molar-refractivity contribution in [3.05, 3.63) is 22.3 Å². The lowest BCUT2D eigenvalue weighted by molar-refractivity contribution is 0.261. The van der Waals surface area contributed by atoms with Crippen molar-refractivity contribution in [1.29, 1.82) is 0 Å². The van der Waals surface area contributed by atoms with Gasteiger partial charge in [-0.05, 0) is 56.8 Å². The molecule has 0 unspecified atom stereocenters. The second kappa shape index (κ2) is 5.94. The summed E-state index contributed by atoms with van der Waals surface area (Å²) < 4.78 is 1.26. The third-order valence-corrected chi connectivity index (χ3v) is 4.66. The van der Waals surface area contributed by atoms with E-state index in [-0.39, 0.29) is 0 Å². The van der Waals surface area contributed by atoms with Gasteiger partial charge < -0.3 is 0 Å². The van der Waals surface area contributed by atoms with E-state index in [9.17, 15) is 0 Å². The molecule has 0 fully saturated rings. The van der Waals surface area contributed by atoms with Crippen molar-refractivity contribution in [2.45, 2.75) is 34.6 Å². The fraction of sp³-hybridized carbons (Fsp3) is 0.692. The topological polar surface area (TPSA) is 0 Å². The zero-order chi connectivity index (χ0) is 11.5. The van der Waals surface area contributed by atoms with E-state index in [1.54, 1.807) is 0 Å². The molecule has 0 aliphatic carbocycles. The SMILES string of the molecule is C=C(C)[C@@H](C)[C@H](C)[C@@H](C)[C@H](C)C(=C)I. The first-order valence-electron chi connectivity index (χ1n) is 5.28. The summed E-state index contributed by atoms with van der Waals surface area (Å²) in [5, 5.41) is 0. The predicted octanol–water partition coefficient (Wildman–Crippen LogP) is 5.06. The highest BCUT2D eigenvalue weighted by Crippen LogP contribution is 2.34. The van der Waals surface area contributed by atoms with Gasteiger partial charge in [0.05, 0.1) is 0 Å². The zero-order valence-electron chi connectivity index (χ0n) is 10.1. The van der Waals surface area contributed by atoms with Crippen LogP contribution in [-0.4, -0.2) is 0 Å². The van der Waals surface area contributed by atoms with Crippen LogP contribution in [0, 0.1) is 23.7 Å². The van der Waals surface area contributed by atoms with E-state index in [0.29, 0.717) is 23.7 Å². The Labute approximate surface area is 103 Å². The van der Waals surface area contributed by atoms with E-state index in [2.05, 4.69) is 70.4 Å². The Bertz CT molecular complexity index is 193. The molecule has 0 aromatic heterocycles. The van der Waals surface area contributed by atoms with Gasteiger partial charge >= 0.3 is 0 Å². The molecule has 4 atom stereocenters. The van der Waals surface area contributed by atoms with Crippen molar-refractivity contribution in [2.24, 2.45) is 23.7 Å². The first kappa shape index (κ1) is 14.2. The van der Waals surface area contributed by atoms with Crippen LogP contribution in [-0.2, 0) is 0 Å². The molecule has 0 N–H and O–H groups in total. The van der Waals surface area contributed by atoms with Gasteiger partial charge in [-0.2, -0.15) is 0 Å². The quantitative estimate of drug-likeness (QED) is 0.492. The normalized spacial score (nSPS) is 19.6. The average Bonchev–Trinajstić information content (AvgIpc) is 2.12. The molecule has 0 heterocycles. The smallest absolute Gasteiger partial charge is 0.0110 e. The summed E-state index contributed by atoms with van der Waals surface area (Å²) in [6, 6.07) is 0. The number of allylic oxidation sites excluding steroid dienone is 2. The standard InChI is InChI=1S/C13H23I/c1-8(2)9(3)10(4)11(5)12(6)13(7)14/h9-12H,1,7H2,2-6H3/t9-,10+,11-,12+/m1/s1. The van der Waals surface area contributed by atoms with Gasteiger partial charge in [-0.1, -0.05) is 46.4 Å². The van der Waals surface area contributed by atoms with E-state index in [1.807, 2.05) is 0 Å². The molecule has 0 amide bonds. The van der Waals surface area contributed by atoms with Crippen molar-refractivity contribution >= 4 is 22.6 Å². The minimum atomic E-state index is 0.590. The summed E-state index contributed by atoms with van der Waals surface area (Å²) in [5.74, 6) is 2.54. The van der Waals surface area contributed by atoms with E-state index in [4.69, 9.17) is 0 Å². The van der Waals surface area contributed by atoms with Gasteiger partial charge in [-0.15, -0.1) is 0 Å². The molecule has 0 aliphatic heterocycles. The molecule has 82 valence electrons. The predicted molar refractivity (Wildman–Crippen MR) is 74.6 cm³/mol. The second-order valence-corrected chi connectivity index (χ2v) is 5.97. The molecule has 0 aromatic rings. The molecular weight excluding hydrogens is 283 g/mol. The Morgan fingerprint density at radius 1 is 0.929 bits per heavy atom. The molecule has 1 heteroatoms. The highest BCUT2D eigenvalue weighted by atomic mass is 127. The molecule has 0 saturated heterocycles. The Morgan fingerprint density at radius 2 is 1.29 bits per heavy atom. The Kier molecular flexibility index (Phi) is 6.03. The van der Waals surface area contributed by atoms with Gasteiger partial charge in [-0.25, -0.2) is 0 Å². The van der Waals surface area contributed by atoms with Crippen LogP contribution >= 0.6 is 22.6 Å². The molecule has 14 heavy (non-hydrogen) atoms. The molecule has 0 aliphatic rings. The first-order chi connectivity index (χ1) is 6.29. The van der Waals surface area contributed by atoms with Crippen LogP contribution in [0.1, 0.15) is 34.6 Å². The molecular formula is C13H23I. The maximum absolute atomic E-state index is 4.04. The Balaban J connectivity index is 4.45. The summed E-state index contributed by atoms with van der Waals surface area (Å²) in [5.41, 5.74) is 1.29. The van der Waals surface area contributed by atoms with Crippen LogP contribution in [0.25, 0.3) is 0 Å². The molecule has 0 aromatic carbocycles. The lowest BCUT2D eigenvalue weighted by Crippen LogP contribution is -2.22. The van der Waals surface area contributed by atoms with Crippen LogP contribution in [0.4, 0.5) is 0 Å². The average molecular weight is 306 g/mol. The largest absolute Gasteiger partial charge is 0.0999 e. The second-order valence-electron chi connectivity index (χ2n) is 4.59. The van der Waals surface area contributed by atoms with Crippen LogP contribution in [0.3, 0.4) is 0 Å². The maximum atomic E-state index is 4.04. The van der Waals surface area contributed by atoms with Gasteiger partial charge in [0.25, 0.3) is 0 Å². The van der Waals surface area contributed by atoms with Gasteiger partial charge in [-0.3, -0.25) is 0 Å². The summed E-state index contributed by atoms with van der Waals surface area (Å²) in [4.78, 5) is 0. The molecule has 0 nitrogen and oxygen atoms in total. The van der Waals surface area contributed by atoms with Crippen molar-refractivity contribution in [1.82, 2.24) is 0 Å². The Hall–Kier alpha value is 0.210. The van der Waals surface area contributed by atoms with E-state index in [0.717, 1.165) is 0 Å².